The third-order valence-electron chi connectivity index (χ3n) is 4.64. The molecule has 4 heteroatoms. The zero-order valence-corrected chi connectivity index (χ0v) is 12.1. The second-order valence-corrected chi connectivity index (χ2v) is 6.24. The highest BCUT2D eigenvalue weighted by atomic mass is 32.1. The van der Waals surface area contributed by atoms with Crippen molar-refractivity contribution in [2.75, 3.05) is 0 Å². The van der Waals surface area contributed by atoms with Crippen molar-refractivity contribution in [1.29, 1.82) is 0 Å². The second-order valence-electron chi connectivity index (χ2n) is 5.86. The molecule has 1 aliphatic rings. The van der Waals surface area contributed by atoms with Gasteiger partial charge in [0.05, 0.1) is 5.52 Å². The lowest BCUT2D eigenvalue weighted by Crippen LogP contribution is -2.23. The van der Waals surface area contributed by atoms with Crippen LogP contribution in [0, 0.1) is 22.4 Å². The van der Waals surface area contributed by atoms with E-state index in [-0.39, 0.29) is 5.82 Å². The summed E-state index contributed by atoms with van der Waals surface area (Å²) in [5.41, 5.74) is 1.44. The van der Waals surface area contributed by atoms with Gasteiger partial charge in [-0.15, -0.1) is 0 Å². The van der Waals surface area contributed by atoms with Crippen LogP contribution in [0.4, 0.5) is 4.39 Å². The maximum absolute atomic E-state index is 13.8. The standard InChI is InChI=1S/C15H19FN2S/c1-9-6-7-11(8-10(9)2)18-13-5-3-4-12(16)14(13)17-15(18)19/h3-5,9-11H,6-8H2,1-2H3,(H,17,19). The third kappa shape index (κ3) is 2.12. The van der Waals surface area contributed by atoms with Crippen molar-refractivity contribution in [2.45, 2.75) is 39.2 Å². The average Bonchev–Trinajstić information content (AvgIpc) is 2.71. The van der Waals surface area contributed by atoms with Gasteiger partial charge < -0.3 is 9.55 Å². The van der Waals surface area contributed by atoms with Crippen LogP contribution in [0.2, 0.25) is 0 Å². The number of rotatable bonds is 1. The molecule has 0 saturated heterocycles. The van der Waals surface area contributed by atoms with Gasteiger partial charge in [-0.1, -0.05) is 19.9 Å². The van der Waals surface area contributed by atoms with Crippen LogP contribution in [0.1, 0.15) is 39.2 Å². The van der Waals surface area contributed by atoms with Gasteiger partial charge in [0.15, 0.2) is 4.77 Å². The monoisotopic (exact) mass is 278 g/mol. The minimum atomic E-state index is -0.223. The van der Waals surface area contributed by atoms with Crippen LogP contribution in [0.3, 0.4) is 0 Å². The normalized spacial score (nSPS) is 27.8. The predicted octanol–water partition coefficient (Wildman–Crippen LogP) is 4.84. The predicted molar refractivity (Wildman–Crippen MR) is 78.3 cm³/mol. The van der Waals surface area contributed by atoms with Crippen molar-refractivity contribution in [1.82, 2.24) is 9.55 Å². The van der Waals surface area contributed by atoms with Gasteiger partial charge >= 0.3 is 0 Å². The molecule has 0 amide bonds. The first-order chi connectivity index (χ1) is 9.08. The number of fused-ring (bicyclic) bond motifs is 1. The minimum Gasteiger partial charge on any atom is -0.328 e. The molecule has 3 atom stereocenters. The molecule has 1 heterocycles. The Kier molecular flexibility index (Phi) is 3.21. The molecule has 1 aromatic heterocycles. The second kappa shape index (κ2) is 4.75. The fourth-order valence-electron chi connectivity index (χ4n) is 3.23. The molecule has 3 unspecified atom stereocenters. The molecule has 2 aromatic rings. The first-order valence-electron chi connectivity index (χ1n) is 6.96. The topological polar surface area (TPSA) is 20.7 Å². The number of nitrogens with one attached hydrogen (secondary N) is 1. The van der Waals surface area contributed by atoms with Crippen LogP contribution < -0.4 is 0 Å². The minimum absolute atomic E-state index is 0.223. The van der Waals surface area contributed by atoms with Crippen LogP contribution >= 0.6 is 12.2 Å². The van der Waals surface area contributed by atoms with E-state index >= 15 is 0 Å². The van der Waals surface area contributed by atoms with Crippen molar-refractivity contribution in [2.24, 2.45) is 11.8 Å². The number of aromatic nitrogens is 2. The molecule has 102 valence electrons. The van der Waals surface area contributed by atoms with E-state index in [1.807, 2.05) is 6.07 Å². The molecular weight excluding hydrogens is 259 g/mol. The molecule has 0 radical (unpaired) electrons. The average molecular weight is 278 g/mol. The zero-order chi connectivity index (χ0) is 13.6. The molecule has 3 rings (SSSR count). The summed E-state index contributed by atoms with van der Waals surface area (Å²) < 4.78 is 16.6. The summed E-state index contributed by atoms with van der Waals surface area (Å²) in [4.78, 5) is 3.02. The summed E-state index contributed by atoms with van der Waals surface area (Å²) >= 11 is 5.40. The molecule has 19 heavy (non-hydrogen) atoms. The molecule has 0 spiro atoms. The number of hydrogen-bond acceptors (Lipinski definition) is 1. The number of H-pyrrole nitrogens is 1. The maximum atomic E-state index is 13.8. The fraction of sp³-hybridized carbons (Fsp3) is 0.533. The molecule has 1 fully saturated rings. The van der Waals surface area contributed by atoms with E-state index in [1.54, 1.807) is 6.07 Å². The SMILES string of the molecule is CC1CCC(n2c(=S)[nH]c3c(F)cccc32)CC1C. The summed E-state index contributed by atoms with van der Waals surface area (Å²) in [5.74, 6) is 1.24. The number of halogens is 1. The summed E-state index contributed by atoms with van der Waals surface area (Å²) in [6.45, 7) is 4.62. The van der Waals surface area contributed by atoms with E-state index in [1.165, 1.54) is 12.5 Å². The van der Waals surface area contributed by atoms with Gasteiger partial charge in [0.1, 0.15) is 11.3 Å². The van der Waals surface area contributed by atoms with Gasteiger partial charge in [-0.2, -0.15) is 0 Å². The Balaban J connectivity index is 2.08. The molecule has 1 aliphatic carbocycles. The van der Waals surface area contributed by atoms with Gasteiger partial charge in [-0.25, -0.2) is 4.39 Å². The van der Waals surface area contributed by atoms with Crippen molar-refractivity contribution >= 4 is 23.3 Å². The van der Waals surface area contributed by atoms with E-state index in [0.29, 0.717) is 22.2 Å². The Morgan fingerprint density at radius 3 is 2.79 bits per heavy atom. The maximum Gasteiger partial charge on any atom is 0.178 e. The van der Waals surface area contributed by atoms with Crippen molar-refractivity contribution in [3.8, 4) is 0 Å². The van der Waals surface area contributed by atoms with E-state index in [0.717, 1.165) is 24.3 Å². The molecular formula is C15H19FN2S. The van der Waals surface area contributed by atoms with E-state index in [2.05, 4.69) is 23.4 Å². The van der Waals surface area contributed by atoms with Crippen LogP contribution in [-0.2, 0) is 0 Å². The van der Waals surface area contributed by atoms with Crippen molar-refractivity contribution in [3.05, 3.63) is 28.8 Å². The van der Waals surface area contributed by atoms with Crippen LogP contribution in [0.15, 0.2) is 18.2 Å². The summed E-state index contributed by atoms with van der Waals surface area (Å²) in [6, 6.07) is 5.58. The first kappa shape index (κ1) is 12.9. The largest absolute Gasteiger partial charge is 0.328 e. The number of benzene rings is 1. The van der Waals surface area contributed by atoms with Crippen molar-refractivity contribution < 1.29 is 4.39 Å². The lowest BCUT2D eigenvalue weighted by Gasteiger charge is -2.33. The molecule has 1 N–H and O–H groups in total. The quantitative estimate of drug-likeness (QED) is 0.741. The number of para-hydroxylation sites is 1. The number of hydrogen-bond donors (Lipinski definition) is 1. The molecule has 0 bridgehead atoms. The third-order valence-corrected chi connectivity index (χ3v) is 4.94. The fourth-order valence-corrected chi connectivity index (χ4v) is 3.58. The Morgan fingerprint density at radius 2 is 2.05 bits per heavy atom. The van der Waals surface area contributed by atoms with Gasteiger partial charge in [0.2, 0.25) is 0 Å². The van der Waals surface area contributed by atoms with E-state index in [4.69, 9.17) is 12.2 Å². The highest BCUT2D eigenvalue weighted by molar-refractivity contribution is 7.71. The smallest absolute Gasteiger partial charge is 0.178 e. The van der Waals surface area contributed by atoms with Gasteiger partial charge in [0, 0.05) is 6.04 Å². The van der Waals surface area contributed by atoms with Crippen LogP contribution in [0.25, 0.3) is 11.0 Å². The number of imidazole rings is 1. The van der Waals surface area contributed by atoms with Gasteiger partial charge in [0.25, 0.3) is 0 Å². The highest BCUT2D eigenvalue weighted by Crippen LogP contribution is 2.37. The number of nitrogens with zero attached hydrogens (tertiary/aromatic N) is 1. The Labute approximate surface area is 117 Å². The lowest BCUT2D eigenvalue weighted by molar-refractivity contribution is 0.212. The Morgan fingerprint density at radius 1 is 1.26 bits per heavy atom. The summed E-state index contributed by atoms with van der Waals surface area (Å²) in [7, 11) is 0. The Hall–Kier alpha value is -1.16. The molecule has 0 aliphatic heterocycles. The lowest BCUT2D eigenvalue weighted by atomic mass is 9.79. The van der Waals surface area contributed by atoms with E-state index in [9.17, 15) is 4.39 Å². The van der Waals surface area contributed by atoms with Crippen LogP contribution in [-0.4, -0.2) is 9.55 Å². The number of aromatic amines is 1. The van der Waals surface area contributed by atoms with E-state index < -0.39 is 0 Å². The molecule has 1 aromatic carbocycles. The molecule has 1 saturated carbocycles. The first-order valence-corrected chi connectivity index (χ1v) is 7.37. The Bertz CT molecular complexity index is 658. The molecule has 2 nitrogen and oxygen atoms in total. The van der Waals surface area contributed by atoms with Gasteiger partial charge in [-0.05, 0) is 55.4 Å². The summed E-state index contributed by atoms with van der Waals surface area (Å²) in [5, 5.41) is 0. The zero-order valence-electron chi connectivity index (χ0n) is 11.3. The summed E-state index contributed by atoms with van der Waals surface area (Å²) in [6.07, 6.45) is 3.47. The van der Waals surface area contributed by atoms with Crippen molar-refractivity contribution in [3.63, 3.8) is 0 Å². The highest BCUT2D eigenvalue weighted by Gasteiger charge is 2.27. The van der Waals surface area contributed by atoms with Gasteiger partial charge in [-0.3, -0.25) is 0 Å². The van der Waals surface area contributed by atoms with Crippen LogP contribution in [0.5, 0.6) is 0 Å².